The second-order valence-electron chi connectivity index (χ2n) is 18.4. The number of rotatable bonds is 11. The Balaban J connectivity index is 1.26. The number of carbonyl (C=O) groups excluding carboxylic acids is 2. The lowest BCUT2D eigenvalue weighted by atomic mass is 9.64. The van der Waals surface area contributed by atoms with Gasteiger partial charge in [-0.15, -0.1) is 0 Å². The molecular formula is C44H74N2O10. The van der Waals surface area contributed by atoms with Gasteiger partial charge in [0.25, 0.3) is 0 Å². The number of hydrogen-bond donors (Lipinski definition) is 1. The zero-order chi connectivity index (χ0) is 40.4. The highest BCUT2D eigenvalue weighted by atomic mass is 16.7. The molecule has 0 radical (unpaired) electrons. The number of fused-ring (bicyclic) bond motifs is 5. The Morgan fingerprint density at radius 2 is 1.55 bits per heavy atom. The molecule has 0 aromatic carbocycles. The predicted molar refractivity (Wildman–Crippen MR) is 212 cm³/mol. The number of nitrogens with one attached hydrogen (secondary N) is 1. The first-order chi connectivity index (χ1) is 26.8. The zero-order valence-electron chi connectivity index (χ0n) is 36.1. The van der Waals surface area contributed by atoms with E-state index in [0.29, 0.717) is 18.4 Å². The number of cyclic esters (lactones) is 1. The van der Waals surface area contributed by atoms with E-state index in [4.69, 9.17) is 37.9 Å². The largest absolute Gasteiger partial charge is 0.462 e. The summed E-state index contributed by atoms with van der Waals surface area (Å²) >= 11 is 0. The molecule has 12 heteroatoms. The van der Waals surface area contributed by atoms with Gasteiger partial charge in [0.1, 0.15) is 24.4 Å². The van der Waals surface area contributed by atoms with Crippen molar-refractivity contribution >= 4 is 11.8 Å². The van der Waals surface area contributed by atoms with Crippen molar-refractivity contribution in [3.63, 3.8) is 0 Å². The molecule has 6 aliphatic rings. The molecular weight excluding hydrogens is 716 g/mol. The molecule has 4 unspecified atom stereocenters. The van der Waals surface area contributed by atoms with Crippen LogP contribution in [0.3, 0.4) is 0 Å². The van der Waals surface area contributed by atoms with Crippen molar-refractivity contribution in [2.24, 2.45) is 35.5 Å². The number of esters is 1. The Morgan fingerprint density at radius 3 is 2.20 bits per heavy atom. The summed E-state index contributed by atoms with van der Waals surface area (Å²) in [5.74, 6) is 0.223. The molecule has 0 aromatic rings. The van der Waals surface area contributed by atoms with E-state index in [1.165, 1.54) is 0 Å². The van der Waals surface area contributed by atoms with E-state index >= 15 is 0 Å². The van der Waals surface area contributed by atoms with Gasteiger partial charge in [-0.3, -0.25) is 9.59 Å². The number of Topliss-reactive ketones (excluding diaryl/α,β-unsaturated/α-hetero) is 1. The van der Waals surface area contributed by atoms with Gasteiger partial charge in [-0.1, -0.05) is 33.8 Å². The molecule has 0 spiro atoms. The topological polar surface area (TPSA) is 123 Å². The Hall–Kier alpha value is -1.48. The highest BCUT2D eigenvalue weighted by Crippen LogP contribution is 2.57. The van der Waals surface area contributed by atoms with Gasteiger partial charge in [-0.25, -0.2) is 0 Å². The van der Waals surface area contributed by atoms with Crippen LogP contribution in [0.4, 0.5) is 0 Å². The molecule has 3 saturated heterocycles. The minimum Gasteiger partial charge on any atom is -0.462 e. The van der Waals surface area contributed by atoms with Crippen LogP contribution < -0.4 is 5.32 Å². The molecule has 6 rings (SSSR count). The van der Waals surface area contributed by atoms with E-state index < -0.39 is 12.4 Å². The molecule has 0 aromatic heterocycles. The van der Waals surface area contributed by atoms with Gasteiger partial charge in [0, 0.05) is 51.3 Å². The fraction of sp³-hybridized carbons (Fsp3) is 0.909. The van der Waals surface area contributed by atoms with Crippen molar-refractivity contribution in [2.45, 2.75) is 185 Å². The molecule has 0 amide bonds. The first-order valence-corrected chi connectivity index (χ1v) is 21.9. The molecule has 1 N–H and O–H groups in total. The van der Waals surface area contributed by atoms with E-state index in [2.05, 4.69) is 58.1 Å². The number of ether oxygens (including phenoxy) is 8. The van der Waals surface area contributed by atoms with Gasteiger partial charge in [0.05, 0.1) is 30.8 Å². The maximum atomic E-state index is 14.9. The van der Waals surface area contributed by atoms with Crippen molar-refractivity contribution in [3.8, 4) is 0 Å². The summed E-state index contributed by atoms with van der Waals surface area (Å²) in [4.78, 5) is 30.9. The van der Waals surface area contributed by atoms with Crippen LogP contribution in [0.2, 0.25) is 0 Å². The van der Waals surface area contributed by atoms with E-state index in [0.717, 1.165) is 56.9 Å². The van der Waals surface area contributed by atoms with Gasteiger partial charge in [0.15, 0.2) is 18.4 Å². The maximum absolute atomic E-state index is 14.9. The Kier molecular flexibility index (Phi) is 15.2. The number of methoxy groups -OCH3 is 3. The van der Waals surface area contributed by atoms with Crippen LogP contribution in [0.5, 0.6) is 0 Å². The summed E-state index contributed by atoms with van der Waals surface area (Å²) in [6, 6.07) is 0.836. The number of nitrogens with zero attached hydrogens (tertiary/aromatic N) is 1. The van der Waals surface area contributed by atoms with Gasteiger partial charge < -0.3 is 48.1 Å². The molecule has 5 fully saturated rings. The lowest BCUT2D eigenvalue weighted by Gasteiger charge is -2.44. The van der Waals surface area contributed by atoms with Crippen LogP contribution in [-0.2, 0) is 47.5 Å². The van der Waals surface area contributed by atoms with E-state index in [1.807, 2.05) is 13.8 Å². The molecule has 18 atom stereocenters. The third kappa shape index (κ3) is 9.44. The first kappa shape index (κ1) is 44.1. The molecule has 56 heavy (non-hydrogen) atoms. The average Bonchev–Trinajstić information content (AvgIpc) is 3.73. The maximum Gasteiger partial charge on any atom is 0.306 e. The van der Waals surface area contributed by atoms with Crippen LogP contribution >= 0.6 is 0 Å². The van der Waals surface area contributed by atoms with E-state index in [9.17, 15) is 9.59 Å². The summed E-state index contributed by atoms with van der Waals surface area (Å²) in [6.07, 6.45) is 7.15. The number of likely N-dealkylation sites (N-methyl/N-ethyl adjacent to an activating group) is 1. The van der Waals surface area contributed by atoms with Crippen molar-refractivity contribution in [1.29, 1.82) is 0 Å². The lowest BCUT2D eigenvalue weighted by Crippen LogP contribution is -2.59. The third-order valence-electron chi connectivity index (χ3n) is 14.4. The molecule has 0 bridgehead atoms. The SMILES string of the molecule is CC[C@H]1CCC[C@H](O[C@H]2CC[C@H](N(C)C)C(C)O2)[C@@H](C)C(=O)C2=C[C@@H]3[C@@H](C[C@@H](NC(C)C)[C@@H]4C[C@@H](O[C@@H]5OC(C)[C@H](OC)C(OC)C5OC)C[C@@H]34)[C@@H]2CC(=O)O1. The number of allylic oxidation sites excluding steroid dienone is 2. The summed E-state index contributed by atoms with van der Waals surface area (Å²) in [6.45, 7) is 12.6. The smallest absolute Gasteiger partial charge is 0.306 e. The van der Waals surface area contributed by atoms with Crippen molar-refractivity contribution in [2.75, 3.05) is 35.4 Å². The normalized spacial score (nSPS) is 45.1. The van der Waals surface area contributed by atoms with Gasteiger partial charge in [-0.2, -0.15) is 0 Å². The standard InChI is InChI=1S/C44H74N2O10/c1-12-27-14-13-15-37(56-39-17-16-36(46(7)8)25(5)52-39)24(4)40(48)34-20-30-29-18-28(55-44-43(51-11)42(50-10)41(49-9)26(6)53-44)19-33(29)35(45-23(2)3)21-31(30)32(34)22-38(47)54-27/h20,23-33,35-37,39,41-45H,12-19,21-22H2,1-11H3/t24-,25?,26?,27+,28+,29+,30+,31-,32+,33-,35-,36+,37+,39+,41+,42?,43?,44+/m1/s1. The second kappa shape index (κ2) is 19.3. The second-order valence-corrected chi connectivity index (χ2v) is 18.4. The van der Waals surface area contributed by atoms with Crippen molar-refractivity contribution in [3.05, 3.63) is 11.6 Å². The van der Waals surface area contributed by atoms with Crippen molar-refractivity contribution in [1.82, 2.24) is 10.2 Å². The number of hydrogen-bond acceptors (Lipinski definition) is 12. The Morgan fingerprint density at radius 1 is 0.839 bits per heavy atom. The summed E-state index contributed by atoms with van der Waals surface area (Å²) < 4.78 is 50.2. The molecule has 320 valence electrons. The van der Waals surface area contributed by atoms with Crippen molar-refractivity contribution < 1.29 is 47.5 Å². The predicted octanol–water partition coefficient (Wildman–Crippen LogP) is 5.69. The van der Waals surface area contributed by atoms with Gasteiger partial charge in [0.2, 0.25) is 0 Å². The van der Waals surface area contributed by atoms with Crippen LogP contribution in [0, 0.1) is 35.5 Å². The first-order valence-electron chi connectivity index (χ1n) is 21.9. The molecule has 3 aliphatic heterocycles. The fourth-order valence-corrected chi connectivity index (χ4v) is 11.6. The Bertz CT molecular complexity index is 1340. The molecule has 2 saturated carbocycles. The van der Waals surface area contributed by atoms with Gasteiger partial charge >= 0.3 is 5.97 Å². The minimum atomic E-state index is -0.605. The number of ketones is 1. The van der Waals surface area contributed by atoms with Crippen LogP contribution in [0.25, 0.3) is 0 Å². The monoisotopic (exact) mass is 791 g/mol. The molecule has 3 heterocycles. The summed E-state index contributed by atoms with van der Waals surface area (Å²) in [5, 5.41) is 3.91. The number of carbonyl (C=O) groups is 2. The Labute approximate surface area is 336 Å². The lowest BCUT2D eigenvalue weighted by molar-refractivity contribution is -0.314. The van der Waals surface area contributed by atoms with E-state index in [1.54, 1.807) is 21.3 Å². The third-order valence-corrected chi connectivity index (χ3v) is 14.4. The quantitative estimate of drug-likeness (QED) is 0.259. The summed E-state index contributed by atoms with van der Waals surface area (Å²) in [5.41, 5.74) is 0.794. The molecule has 12 nitrogen and oxygen atoms in total. The van der Waals surface area contributed by atoms with E-state index in [-0.39, 0.29) is 109 Å². The fourth-order valence-electron chi connectivity index (χ4n) is 11.6. The van der Waals surface area contributed by atoms with Crippen LogP contribution in [-0.4, -0.2) is 132 Å². The summed E-state index contributed by atoms with van der Waals surface area (Å²) in [7, 11) is 9.20. The zero-order valence-corrected chi connectivity index (χ0v) is 36.1. The minimum absolute atomic E-state index is 0.0339. The molecule has 3 aliphatic carbocycles. The van der Waals surface area contributed by atoms with Crippen LogP contribution in [0.1, 0.15) is 106 Å². The van der Waals surface area contributed by atoms with Gasteiger partial charge in [-0.05, 0) is 115 Å². The highest BCUT2D eigenvalue weighted by Gasteiger charge is 2.56. The van der Waals surface area contributed by atoms with Crippen LogP contribution in [0.15, 0.2) is 11.6 Å². The average molecular weight is 791 g/mol. The highest BCUT2D eigenvalue weighted by molar-refractivity contribution is 5.99.